The largest absolute Gasteiger partial charge is 0.497 e. The molecule has 0 atom stereocenters. The number of para-hydroxylation sites is 1. The summed E-state index contributed by atoms with van der Waals surface area (Å²) in [5, 5.41) is 14.7. The van der Waals surface area contributed by atoms with Crippen molar-refractivity contribution in [2.75, 3.05) is 25.3 Å². The van der Waals surface area contributed by atoms with Crippen molar-refractivity contribution in [3.63, 3.8) is 0 Å². The van der Waals surface area contributed by atoms with Crippen LogP contribution in [-0.4, -0.2) is 52.1 Å². The van der Waals surface area contributed by atoms with Crippen molar-refractivity contribution in [1.82, 2.24) is 20.2 Å². The fraction of sp³-hybridized carbons (Fsp3) is 0.167. The lowest BCUT2D eigenvalue weighted by Crippen LogP contribution is -2.17. The molecule has 0 radical (unpaired) electrons. The number of tetrazole rings is 1. The molecular weight excluding hydrogens is 382 g/mol. The first-order valence-electron chi connectivity index (χ1n) is 8.15. The maximum absolute atomic E-state index is 12.3. The Labute approximate surface area is 165 Å². The van der Waals surface area contributed by atoms with Crippen molar-refractivity contribution in [3.05, 3.63) is 54.1 Å². The Hall–Kier alpha value is -3.40. The first-order valence-corrected chi connectivity index (χ1v) is 9.13. The van der Waals surface area contributed by atoms with E-state index in [0.29, 0.717) is 10.8 Å². The number of esters is 1. The SMILES string of the molecule is COC(=O)c1ccccc1NC(=O)CSc1nnnn1-c1ccc(OC)cc1. The zero-order chi connectivity index (χ0) is 19.9. The van der Waals surface area contributed by atoms with Gasteiger partial charge in [-0.3, -0.25) is 4.79 Å². The van der Waals surface area contributed by atoms with E-state index >= 15 is 0 Å². The number of hydrogen-bond acceptors (Lipinski definition) is 8. The highest BCUT2D eigenvalue weighted by Gasteiger charge is 2.15. The van der Waals surface area contributed by atoms with Crippen molar-refractivity contribution in [2.45, 2.75) is 5.16 Å². The molecule has 3 aromatic rings. The lowest BCUT2D eigenvalue weighted by molar-refractivity contribution is -0.113. The maximum Gasteiger partial charge on any atom is 0.339 e. The summed E-state index contributed by atoms with van der Waals surface area (Å²) in [5.74, 6) is -0.0428. The minimum atomic E-state index is -0.521. The average Bonchev–Trinajstić information content (AvgIpc) is 3.21. The van der Waals surface area contributed by atoms with Crippen molar-refractivity contribution in [2.24, 2.45) is 0 Å². The Kier molecular flexibility index (Phi) is 6.22. The Balaban J connectivity index is 1.66. The highest BCUT2D eigenvalue weighted by Crippen LogP contribution is 2.21. The third-order valence-corrected chi connectivity index (χ3v) is 4.62. The van der Waals surface area contributed by atoms with Gasteiger partial charge >= 0.3 is 5.97 Å². The van der Waals surface area contributed by atoms with Gasteiger partial charge in [0.1, 0.15) is 5.75 Å². The standard InChI is InChI=1S/C18H17N5O4S/c1-26-13-9-7-12(8-10-13)23-18(20-21-22-23)28-11-16(24)19-15-6-4-3-5-14(15)17(25)27-2/h3-10H,11H2,1-2H3,(H,19,24). The summed E-state index contributed by atoms with van der Waals surface area (Å²) < 4.78 is 11.4. The number of methoxy groups -OCH3 is 2. The Morgan fingerprint density at radius 2 is 1.86 bits per heavy atom. The molecule has 0 fully saturated rings. The fourth-order valence-corrected chi connectivity index (χ4v) is 3.04. The smallest absolute Gasteiger partial charge is 0.339 e. The number of rotatable bonds is 7. The van der Waals surface area contributed by atoms with Crippen LogP contribution in [0.3, 0.4) is 0 Å². The monoisotopic (exact) mass is 399 g/mol. The van der Waals surface area contributed by atoms with Crippen molar-refractivity contribution >= 4 is 29.3 Å². The van der Waals surface area contributed by atoms with Crippen LogP contribution in [0.25, 0.3) is 5.69 Å². The maximum atomic E-state index is 12.3. The molecule has 1 N–H and O–H groups in total. The Bertz CT molecular complexity index is 974. The van der Waals surface area contributed by atoms with E-state index in [0.717, 1.165) is 11.4 Å². The van der Waals surface area contributed by atoms with Crippen LogP contribution in [0.5, 0.6) is 5.75 Å². The van der Waals surface area contributed by atoms with E-state index in [2.05, 4.69) is 20.8 Å². The number of hydrogen-bond donors (Lipinski definition) is 1. The van der Waals surface area contributed by atoms with E-state index in [1.165, 1.54) is 23.6 Å². The van der Waals surface area contributed by atoms with E-state index in [-0.39, 0.29) is 17.2 Å². The van der Waals surface area contributed by atoms with Crippen LogP contribution in [0.4, 0.5) is 5.69 Å². The lowest BCUT2D eigenvalue weighted by Gasteiger charge is -2.09. The number of thioether (sulfide) groups is 1. The minimum absolute atomic E-state index is 0.0615. The Morgan fingerprint density at radius 1 is 1.11 bits per heavy atom. The van der Waals surface area contributed by atoms with Crippen LogP contribution in [0, 0.1) is 0 Å². The molecule has 0 unspecified atom stereocenters. The molecule has 0 bridgehead atoms. The van der Waals surface area contributed by atoms with E-state index in [4.69, 9.17) is 9.47 Å². The molecule has 0 spiro atoms. The number of ether oxygens (including phenoxy) is 2. The first kappa shape index (κ1) is 19.4. The van der Waals surface area contributed by atoms with Crippen molar-refractivity contribution in [1.29, 1.82) is 0 Å². The van der Waals surface area contributed by atoms with Gasteiger partial charge in [-0.1, -0.05) is 23.9 Å². The number of nitrogens with one attached hydrogen (secondary N) is 1. The van der Waals surface area contributed by atoms with Gasteiger partial charge in [-0.05, 0) is 46.8 Å². The molecule has 0 aliphatic carbocycles. The van der Waals surface area contributed by atoms with Crippen LogP contribution in [0.1, 0.15) is 10.4 Å². The molecule has 1 heterocycles. The van der Waals surface area contributed by atoms with Gasteiger partial charge in [-0.2, -0.15) is 4.68 Å². The van der Waals surface area contributed by atoms with Gasteiger partial charge in [0.05, 0.1) is 36.9 Å². The van der Waals surface area contributed by atoms with Crippen LogP contribution < -0.4 is 10.1 Å². The molecule has 2 aromatic carbocycles. The van der Waals surface area contributed by atoms with Gasteiger partial charge < -0.3 is 14.8 Å². The van der Waals surface area contributed by atoms with Gasteiger partial charge in [0.2, 0.25) is 11.1 Å². The summed E-state index contributed by atoms with van der Waals surface area (Å²) in [7, 11) is 2.88. The summed E-state index contributed by atoms with van der Waals surface area (Å²) in [4.78, 5) is 24.1. The number of amides is 1. The van der Waals surface area contributed by atoms with Crippen molar-refractivity contribution < 1.29 is 19.1 Å². The van der Waals surface area contributed by atoms with Gasteiger partial charge in [0, 0.05) is 0 Å². The second kappa shape index (κ2) is 9.00. The molecular formula is C18H17N5O4S. The van der Waals surface area contributed by atoms with E-state index in [1.807, 2.05) is 12.1 Å². The molecule has 0 aliphatic rings. The van der Waals surface area contributed by atoms with E-state index in [9.17, 15) is 9.59 Å². The average molecular weight is 399 g/mol. The molecule has 3 rings (SSSR count). The number of benzene rings is 2. The number of anilines is 1. The predicted octanol–water partition coefficient (Wildman–Crippen LogP) is 2.19. The molecule has 0 saturated carbocycles. The first-order chi connectivity index (χ1) is 13.6. The summed E-state index contributed by atoms with van der Waals surface area (Å²) in [6.07, 6.45) is 0. The number of nitrogens with zero attached hydrogens (tertiary/aromatic N) is 4. The third kappa shape index (κ3) is 4.46. The third-order valence-electron chi connectivity index (χ3n) is 3.70. The highest BCUT2D eigenvalue weighted by molar-refractivity contribution is 7.99. The zero-order valence-electron chi connectivity index (χ0n) is 15.2. The van der Waals surface area contributed by atoms with E-state index < -0.39 is 5.97 Å². The minimum Gasteiger partial charge on any atom is -0.497 e. The fourth-order valence-electron chi connectivity index (χ4n) is 2.35. The highest BCUT2D eigenvalue weighted by atomic mass is 32.2. The second-order valence-corrected chi connectivity index (χ2v) is 6.39. The summed E-state index contributed by atoms with van der Waals surface area (Å²) in [6.45, 7) is 0. The molecule has 9 nitrogen and oxygen atoms in total. The van der Waals surface area contributed by atoms with Gasteiger partial charge in [-0.15, -0.1) is 5.10 Å². The van der Waals surface area contributed by atoms with Gasteiger partial charge in [-0.25, -0.2) is 4.79 Å². The quantitative estimate of drug-likeness (QED) is 0.476. The summed E-state index contributed by atoms with van der Waals surface area (Å²) >= 11 is 1.17. The van der Waals surface area contributed by atoms with Crippen LogP contribution in [-0.2, 0) is 9.53 Å². The Morgan fingerprint density at radius 3 is 2.57 bits per heavy atom. The molecule has 0 saturated heterocycles. The normalized spacial score (nSPS) is 10.4. The van der Waals surface area contributed by atoms with Crippen LogP contribution >= 0.6 is 11.8 Å². The topological polar surface area (TPSA) is 108 Å². The number of aromatic nitrogens is 4. The lowest BCUT2D eigenvalue weighted by atomic mass is 10.2. The van der Waals surface area contributed by atoms with Crippen molar-refractivity contribution in [3.8, 4) is 11.4 Å². The summed E-state index contributed by atoms with van der Waals surface area (Å²) in [5.41, 5.74) is 1.41. The van der Waals surface area contributed by atoms with Crippen LogP contribution in [0.15, 0.2) is 53.7 Å². The van der Waals surface area contributed by atoms with Gasteiger partial charge in [0.25, 0.3) is 0 Å². The molecule has 10 heteroatoms. The molecule has 144 valence electrons. The molecule has 1 amide bonds. The molecule has 28 heavy (non-hydrogen) atoms. The number of carbonyl (C=O) groups excluding carboxylic acids is 2. The van der Waals surface area contributed by atoms with Crippen LogP contribution in [0.2, 0.25) is 0 Å². The predicted molar refractivity (Wildman–Crippen MR) is 103 cm³/mol. The molecule has 1 aromatic heterocycles. The summed E-state index contributed by atoms with van der Waals surface area (Å²) in [6, 6.07) is 13.8. The number of carbonyl (C=O) groups is 2. The second-order valence-electron chi connectivity index (χ2n) is 5.45. The van der Waals surface area contributed by atoms with E-state index in [1.54, 1.807) is 43.5 Å². The zero-order valence-corrected chi connectivity index (χ0v) is 16.0. The van der Waals surface area contributed by atoms with Gasteiger partial charge in [0.15, 0.2) is 0 Å². The molecule has 0 aliphatic heterocycles.